The monoisotopic (exact) mass is 410 g/mol. The molecule has 152 valence electrons. The largest absolute Gasteiger partial charge is 0.489 e. The molecule has 1 aliphatic rings. The molecule has 0 aliphatic carbocycles. The van der Waals surface area contributed by atoms with Gasteiger partial charge < -0.3 is 9.47 Å². The van der Waals surface area contributed by atoms with Crippen molar-refractivity contribution in [3.05, 3.63) is 102 Å². The van der Waals surface area contributed by atoms with Gasteiger partial charge in [-0.15, -0.1) is 5.43 Å². The summed E-state index contributed by atoms with van der Waals surface area (Å²) >= 11 is 0. The van der Waals surface area contributed by atoms with Crippen LogP contribution in [0.5, 0.6) is 11.5 Å². The first-order chi connectivity index (χ1) is 15.3. The number of amidine groups is 1. The van der Waals surface area contributed by atoms with E-state index in [1.165, 1.54) is 0 Å². The summed E-state index contributed by atoms with van der Waals surface area (Å²) in [7, 11) is 0. The molecule has 2 N–H and O–H groups in total. The topological polar surface area (TPSA) is 85.0 Å². The van der Waals surface area contributed by atoms with E-state index in [9.17, 15) is 0 Å². The van der Waals surface area contributed by atoms with Gasteiger partial charge in [0.15, 0.2) is 0 Å². The van der Waals surface area contributed by atoms with Gasteiger partial charge in [0, 0.05) is 10.6 Å². The number of nitrogens with two attached hydrogens (primary N) is 1. The second-order valence-electron chi connectivity index (χ2n) is 7.06. The second-order valence-corrected chi connectivity index (χ2v) is 7.06. The van der Waals surface area contributed by atoms with Crippen LogP contribution in [0.4, 0.5) is 0 Å². The number of quaternary nitrogens is 1. The van der Waals surface area contributed by atoms with E-state index in [-0.39, 0.29) is 0 Å². The lowest BCUT2D eigenvalue weighted by Crippen LogP contribution is -2.80. The Morgan fingerprint density at radius 3 is 2.35 bits per heavy atom. The van der Waals surface area contributed by atoms with Gasteiger partial charge in [0.05, 0.1) is 22.0 Å². The molecule has 3 aromatic carbocycles. The predicted octanol–water partition coefficient (Wildman–Crippen LogP) is 4.00. The molecule has 4 aromatic rings. The molecule has 0 atom stereocenters. The van der Waals surface area contributed by atoms with Gasteiger partial charge in [0.25, 0.3) is 5.84 Å². The average Bonchev–Trinajstić information content (AvgIpc) is 3.37. The zero-order chi connectivity index (χ0) is 20.9. The van der Waals surface area contributed by atoms with E-state index >= 15 is 0 Å². The first-order valence-corrected chi connectivity index (χ1v) is 9.94. The van der Waals surface area contributed by atoms with Crippen LogP contribution < -0.4 is 14.9 Å². The number of aromatic nitrogens is 1. The fourth-order valence-corrected chi connectivity index (χ4v) is 3.28. The maximum atomic E-state index is 5.91. The average molecular weight is 410 g/mol. The summed E-state index contributed by atoms with van der Waals surface area (Å²) in [6, 6.07) is 27.7. The van der Waals surface area contributed by atoms with Gasteiger partial charge in [-0.3, -0.25) is 0 Å². The highest BCUT2D eigenvalue weighted by molar-refractivity contribution is 5.91. The van der Waals surface area contributed by atoms with E-state index < -0.39 is 0 Å². The zero-order valence-corrected chi connectivity index (χ0v) is 16.7. The van der Waals surface area contributed by atoms with E-state index in [0.29, 0.717) is 13.2 Å². The van der Waals surface area contributed by atoms with E-state index in [1.807, 2.05) is 72.8 Å². The van der Waals surface area contributed by atoms with E-state index in [4.69, 9.17) is 9.47 Å². The number of ether oxygens (including phenoxy) is 2. The van der Waals surface area contributed by atoms with Crippen molar-refractivity contribution in [2.24, 2.45) is 15.5 Å². The van der Waals surface area contributed by atoms with Crippen molar-refractivity contribution in [3.63, 3.8) is 0 Å². The van der Waals surface area contributed by atoms with Gasteiger partial charge >= 0.3 is 0 Å². The van der Waals surface area contributed by atoms with Crippen molar-refractivity contribution >= 4 is 16.7 Å². The molecule has 31 heavy (non-hydrogen) atoms. The highest BCUT2D eigenvalue weighted by Gasteiger charge is 2.12. The molecule has 0 saturated heterocycles. The summed E-state index contributed by atoms with van der Waals surface area (Å²) in [5.41, 5.74) is 5.52. The molecule has 0 unspecified atom stereocenters. The molecule has 1 aromatic heterocycles. The smallest absolute Gasteiger partial charge is 0.280 e. The summed E-state index contributed by atoms with van der Waals surface area (Å²) in [5.74, 6) is 2.30. The van der Waals surface area contributed by atoms with Crippen molar-refractivity contribution in [1.29, 1.82) is 0 Å². The van der Waals surface area contributed by atoms with Gasteiger partial charge in [-0.1, -0.05) is 41.5 Å². The molecule has 0 saturated carbocycles. The number of pyridine rings is 1. The number of nitrogens with zero attached hydrogens (tertiary/aromatic N) is 4. The molecule has 0 amide bonds. The lowest BCUT2D eigenvalue weighted by atomic mass is 10.1. The van der Waals surface area contributed by atoms with E-state index in [1.54, 1.807) is 5.43 Å². The number of hydrogen-bond acceptors (Lipinski definition) is 6. The highest BCUT2D eigenvalue weighted by atomic mass is 16.5. The molecular weight excluding hydrogens is 390 g/mol. The number of benzene rings is 3. The predicted molar refractivity (Wildman–Crippen MR) is 117 cm³/mol. The standard InChI is InChI=1S/C24H19N5O2/c1-2-7-23-18(5-1)8-9-20(25-23)16-31-22-12-10-21(11-13-22)30-15-17-4-3-6-19(14-17)24-26-28-29-27-24/h1-14H,15-16H2,(H,26,27,28,29)/p+1. The molecule has 7 heteroatoms. The van der Waals surface area contributed by atoms with Gasteiger partial charge in [-0.2, -0.15) is 0 Å². The fourth-order valence-electron chi connectivity index (χ4n) is 3.28. The number of fused-ring (bicyclic) bond motifs is 1. The van der Waals surface area contributed by atoms with Crippen LogP contribution in [0, 0.1) is 0 Å². The molecular formula is C24H20N5O2+. The molecule has 5 rings (SSSR count). The van der Waals surface area contributed by atoms with Gasteiger partial charge in [-0.25, -0.2) is 4.98 Å². The van der Waals surface area contributed by atoms with E-state index in [2.05, 4.69) is 32.7 Å². The highest BCUT2D eigenvalue weighted by Crippen LogP contribution is 2.20. The first-order valence-electron chi connectivity index (χ1n) is 9.94. The molecule has 1 aliphatic heterocycles. The summed E-state index contributed by atoms with van der Waals surface area (Å²) in [5, 5.41) is 12.5. The maximum Gasteiger partial charge on any atom is 0.280 e. The Morgan fingerprint density at radius 2 is 1.55 bits per heavy atom. The number of hydrogen-bond donors (Lipinski definition) is 1. The number of rotatable bonds is 7. The van der Waals surface area contributed by atoms with E-state index in [0.717, 1.165) is 45.1 Å². The summed E-state index contributed by atoms with van der Waals surface area (Å²) in [4.78, 5) is 4.63. The summed E-state index contributed by atoms with van der Waals surface area (Å²) in [6.07, 6.45) is 0. The van der Waals surface area contributed by atoms with Gasteiger partial charge in [0.1, 0.15) is 24.7 Å². The van der Waals surface area contributed by atoms with Crippen molar-refractivity contribution in [1.82, 2.24) is 4.98 Å². The lowest BCUT2D eigenvalue weighted by Gasteiger charge is -2.09. The fraction of sp³-hybridized carbons (Fsp3) is 0.0833. The maximum absolute atomic E-state index is 5.91. The Hall–Kier alpha value is -4.10. The van der Waals surface area contributed by atoms with Crippen LogP contribution >= 0.6 is 0 Å². The van der Waals surface area contributed by atoms with Crippen LogP contribution in [0.15, 0.2) is 100 Å². The Morgan fingerprint density at radius 1 is 0.742 bits per heavy atom. The lowest BCUT2D eigenvalue weighted by molar-refractivity contribution is -0.546. The molecule has 2 heterocycles. The summed E-state index contributed by atoms with van der Waals surface area (Å²) in [6.45, 7) is 0.869. The van der Waals surface area contributed by atoms with Crippen LogP contribution in [0.2, 0.25) is 0 Å². The third kappa shape index (κ3) is 4.57. The minimum Gasteiger partial charge on any atom is -0.489 e. The SMILES string of the molecule is c1cc(COc2ccc(OCc3ccc4ccccc4n3)cc2)cc(C2=NN=N[NH2+]2)c1. The van der Waals surface area contributed by atoms with Crippen LogP contribution in [0.3, 0.4) is 0 Å². The molecule has 0 spiro atoms. The molecule has 0 radical (unpaired) electrons. The Balaban J connectivity index is 1.17. The Labute approximate surface area is 179 Å². The van der Waals surface area contributed by atoms with Crippen LogP contribution in [-0.2, 0) is 13.2 Å². The molecule has 7 nitrogen and oxygen atoms in total. The van der Waals surface area contributed by atoms with Crippen molar-refractivity contribution in [2.45, 2.75) is 13.2 Å². The van der Waals surface area contributed by atoms with Crippen LogP contribution in [0.25, 0.3) is 10.9 Å². The Kier molecular flexibility index (Phi) is 5.32. The second kappa shape index (κ2) is 8.73. The third-order valence-corrected chi connectivity index (χ3v) is 4.88. The Bertz CT molecular complexity index is 1270. The summed E-state index contributed by atoms with van der Waals surface area (Å²) < 4.78 is 11.8. The van der Waals surface area contributed by atoms with Gasteiger partial charge in [0.2, 0.25) is 0 Å². The van der Waals surface area contributed by atoms with Crippen LogP contribution in [0.1, 0.15) is 16.8 Å². The molecule has 0 bridgehead atoms. The van der Waals surface area contributed by atoms with Crippen LogP contribution in [-0.4, -0.2) is 10.8 Å². The first kappa shape index (κ1) is 18.9. The third-order valence-electron chi connectivity index (χ3n) is 4.88. The van der Waals surface area contributed by atoms with Crippen molar-refractivity contribution < 1.29 is 14.9 Å². The van der Waals surface area contributed by atoms with Gasteiger partial charge in [-0.05, 0) is 54.1 Å². The van der Waals surface area contributed by atoms with Crippen molar-refractivity contribution in [2.75, 3.05) is 0 Å². The number of para-hydroxylation sites is 1. The minimum absolute atomic E-state index is 0.414. The zero-order valence-electron chi connectivity index (χ0n) is 16.7. The quantitative estimate of drug-likeness (QED) is 0.467. The van der Waals surface area contributed by atoms with Crippen molar-refractivity contribution in [3.8, 4) is 11.5 Å². The minimum atomic E-state index is 0.414. The normalized spacial score (nSPS) is 12.7. The molecule has 0 fully saturated rings.